The second-order valence-corrected chi connectivity index (χ2v) is 2.75. The molecule has 1 aromatic heterocycles. The van der Waals surface area contributed by atoms with Crippen molar-refractivity contribution in [3.63, 3.8) is 0 Å². The fourth-order valence-corrected chi connectivity index (χ4v) is 0.735. The molecule has 0 N–H and O–H groups in total. The lowest BCUT2D eigenvalue weighted by atomic mass is 10.2. The molecule has 0 atom stereocenters. The quantitative estimate of drug-likeness (QED) is 0.504. The zero-order chi connectivity index (χ0) is 9.68. The second kappa shape index (κ2) is 4.35. The summed E-state index contributed by atoms with van der Waals surface area (Å²) in [6, 6.07) is 3.32. The predicted octanol–water partition coefficient (Wildman–Crippen LogP) is 0.735. The summed E-state index contributed by atoms with van der Waals surface area (Å²) in [6.45, 7) is 0. The minimum atomic E-state index is -0.137. The molecule has 0 spiro atoms. The van der Waals surface area contributed by atoms with Crippen LogP contribution < -0.4 is 0 Å². The van der Waals surface area contributed by atoms with Gasteiger partial charge in [0.05, 0.1) is 0 Å². The standard InChI is InChI=1S/C9H11N3O/c1-12(2)7-5-9(13)8-4-3-6-10-11-8/h3-7H,1-2H3. The minimum absolute atomic E-state index is 0.137. The van der Waals surface area contributed by atoms with Gasteiger partial charge < -0.3 is 4.90 Å². The van der Waals surface area contributed by atoms with Gasteiger partial charge in [0.15, 0.2) is 0 Å². The Morgan fingerprint density at radius 1 is 1.54 bits per heavy atom. The van der Waals surface area contributed by atoms with Crippen LogP contribution >= 0.6 is 0 Å². The number of allylic oxidation sites excluding steroid dienone is 1. The van der Waals surface area contributed by atoms with E-state index in [1.165, 1.54) is 12.3 Å². The van der Waals surface area contributed by atoms with Gasteiger partial charge in [0, 0.05) is 32.6 Å². The molecule has 0 aliphatic heterocycles. The zero-order valence-electron chi connectivity index (χ0n) is 7.64. The van der Waals surface area contributed by atoms with Crippen LogP contribution in [0.1, 0.15) is 10.5 Å². The number of aromatic nitrogens is 2. The van der Waals surface area contributed by atoms with Crippen molar-refractivity contribution >= 4 is 5.78 Å². The molecule has 0 saturated heterocycles. The molecule has 0 fully saturated rings. The third-order valence-electron chi connectivity index (χ3n) is 1.35. The van der Waals surface area contributed by atoms with Crippen LogP contribution in [0.4, 0.5) is 0 Å². The molecule has 0 bridgehead atoms. The van der Waals surface area contributed by atoms with E-state index in [0.717, 1.165) is 0 Å². The highest BCUT2D eigenvalue weighted by atomic mass is 16.1. The summed E-state index contributed by atoms with van der Waals surface area (Å²) >= 11 is 0. The molecule has 1 heterocycles. The van der Waals surface area contributed by atoms with Gasteiger partial charge in [0.1, 0.15) is 5.69 Å². The molecule has 4 nitrogen and oxygen atoms in total. The molecule has 1 rings (SSSR count). The van der Waals surface area contributed by atoms with E-state index < -0.39 is 0 Å². The molecular weight excluding hydrogens is 166 g/mol. The number of ketones is 1. The maximum absolute atomic E-state index is 11.3. The Bertz CT molecular complexity index is 306. The Labute approximate surface area is 76.9 Å². The fraction of sp³-hybridized carbons (Fsp3) is 0.222. The molecule has 0 radical (unpaired) electrons. The van der Waals surface area contributed by atoms with E-state index in [2.05, 4.69) is 10.2 Å². The number of nitrogens with zero attached hydrogens (tertiary/aromatic N) is 3. The van der Waals surface area contributed by atoms with Gasteiger partial charge in [0.2, 0.25) is 5.78 Å². The van der Waals surface area contributed by atoms with Gasteiger partial charge >= 0.3 is 0 Å². The Kier molecular flexibility index (Phi) is 3.14. The summed E-state index contributed by atoms with van der Waals surface area (Å²) < 4.78 is 0. The average molecular weight is 177 g/mol. The number of carbonyl (C=O) groups excluding carboxylic acids is 1. The van der Waals surface area contributed by atoms with Crippen LogP contribution in [0, 0.1) is 0 Å². The number of rotatable bonds is 3. The molecule has 4 heteroatoms. The topological polar surface area (TPSA) is 46.1 Å². The van der Waals surface area contributed by atoms with Gasteiger partial charge in [-0.15, -0.1) is 5.10 Å². The van der Waals surface area contributed by atoms with Crippen LogP contribution in [0.3, 0.4) is 0 Å². The fourth-order valence-electron chi connectivity index (χ4n) is 0.735. The first-order chi connectivity index (χ1) is 6.20. The number of hydrogen-bond donors (Lipinski definition) is 0. The maximum Gasteiger partial charge on any atom is 0.207 e. The van der Waals surface area contributed by atoms with Gasteiger partial charge in [-0.25, -0.2) is 0 Å². The van der Waals surface area contributed by atoms with Crippen molar-refractivity contribution in [3.05, 3.63) is 36.3 Å². The molecular formula is C9H11N3O. The molecule has 1 aromatic rings. The summed E-state index contributed by atoms with van der Waals surface area (Å²) in [6.07, 6.45) is 4.67. The highest BCUT2D eigenvalue weighted by Crippen LogP contribution is 1.94. The number of carbonyl (C=O) groups is 1. The molecule has 68 valence electrons. The summed E-state index contributed by atoms with van der Waals surface area (Å²) in [4.78, 5) is 13.1. The van der Waals surface area contributed by atoms with Gasteiger partial charge in [-0.05, 0) is 12.1 Å². The van der Waals surface area contributed by atoms with Gasteiger partial charge in [-0.2, -0.15) is 5.10 Å². The molecule has 0 aliphatic carbocycles. The molecule has 13 heavy (non-hydrogen) atoms. The minimum Gasteiger partial charge on any atom is -0.383 e. The lowest BCUT2D eigenvalue weighted by Gasteiger charge is -2.01. The monoisotopic (exact) mass is 177 g/mol. The van der Waals surface area contributed by atoms with Crippen LogP contribution in [-0.2, 0) is 0 Å². The van der Waals surface area contributed by atoms with Crippen molar-refractivity contribution in [2.45, 2.75) is 0 Å². The Hall–Kier alpha value is -1.71. The third-order valence-corrected chi connectivity index (χ3v) is 1.35. The highest BCUT2D eigenvalue weighted by molar-refractivity contribution is 6.02. The van der Waals surface area contributed by atoms with Crippen LogP contribution in [0.25, 0.3) is 0 Å². The highest BCUT2D eigenvalue weighted by Gasteiger charge is 2.01. The van der Waals surface area contributed by atoms with Crippen LogP contribution in [0.5, 0.6) is 0 Å². The van der Waals surface area contributed by atoms with E-state index in [-0.39, 0.29) is 5.78 Å². The van der Waals surface area contributed by atoms with Crippen LogP contribution in [0.15, 0.2) is 30.6 Å². The van der Waals surface area contributed by atoms with E-state index in [0.29, 0.717) is 5.69 Å². The van der Waals surface area contributed by atoms with E-state index in [4.69, 9.17) is 0 Å². The molecule has 0 saturated carbocycles. The van der Waals surface area contributed by atoms with Crippen molar-refractivity contribution in [1.82, 2.24) is 15.1 Å². The average Bonchev–Trinajstić information content (AvgIpc) is 2.15. The molecule has 0 amide bonds. The normalized spacial score (nSPS) is 10.3. The predicted molar refractivity (Wildman–Crippen MR) is 49.2 cm³/mol. The van der Waals surface area contributed by atoms with E-state index in [1.807, 2.05) is 14.1 Å². The van der Waals surface area contributed by atoms with Gasteiger partial charge in [-0.3, -0.25) is 4.79 Å². The summed E-state index contributed by atoms with van der Waals surface area (Å²) in [5.41, 5.74) is 0.362. The lowest BCUT2D eigenvalue weighted by molar-refractivity contribution is 0.104. The second-order valence-electron chi connectivity index (χ2n) is 2.75. The lowest BCUT2D eigenvalue weighted by Crippen LogP contribution is -2.04. The molecule has 0 unspecified atom stereocenters. The van der Waals surface area contributed by atoms with Crippen LogP contribution in [0.2, 0.25) is 0 Å². The van der Waals surface area contributed by atoms with Crippen molar-refractivity contribution in [1.29, 1.82) is 0 Å². The van der Waals surface area contributed by atoms with E-state index in [1.54, 1.807) is 23.2 Å². The van der Waals surface area contributed by atoms with E-state index >= 15 is 0 Å². The van der Waals surface area contributed by atoms with Crippen molar-refractivity contribution in [2.75, 3.05) is 14.1 Å². The SMILES string of the molecule is CN(C)C=CC(=O)c1cccnn1. The van der Waals surface area contributed by atoms with Gasteiger partial charge in [-0.1, -0.05) is 0 Å². The van der Waals surface area contributed by atoms with Gasteiger partial charge in [0.25, 0.3) is 0 Å². The maximum atomic E-state index is 11.3. The number of hydrogen-bond acceptors (Lipinski definition) is 4. The first-order valence-corrected chi connectivity index (χ1v) is 3.87. The van der Waals surface area contributed by atoms with Crippen molar-refractivity contribution in [3.8, 4) is 0 Å². The molecule has 0 aromatic carbocycles. The van der Waals surface area contributed by atoms with E-state index in [9.17, 15) is 4.79 Å². The van der Waals surface area contributed by atoms with Crippen molar-refractivity contribution < 1.29 is 4.79 Å². The Morgan fingerprint density at radius 3 is 2.85 bits per heavy atom. The summed E-state index contributed by atoms with van der Waals surface area (Å²) in [7, 11) is 3.70. The zero-order valence-corrected chi connectivity index (χ0v) is 7.64. The Morgan fingerprint density at radius 2 is 2.31 bits per heavy atom. The van der Waals surface area contributed by atoms with Crippen molar-refractivity contribution in [2.24, 2.45) is 0 Å². The van der Waals surface area contributed by atoms with Crippen LogP contribution in [-0.4, -0.2) is 35.0 Å². The Balaban J connectivity index is 2.70. The largest absolute Gasteiger partial charge is 0.383 e. The first-order valence-electron chi connectivity index (χ1n) is 3.87. The molecule has 0 aliphatic rings. The first kappa shape index (κ1) is 9.38. The summed E-state index contributed by atoms with van der Waals surface area (Å²) in [5, 5.41) is 7.30. The smallest absolute Gasteiger partial charge is 0.207 e. The summed E-state index contributed by atoms with van der Waals surface area (Å²) in [5.74, 6) is -0.137. The third kappa shape index (κ3) is 3.02.